The third-order valence-electron chi connectivity index (χ3n) is 4.68. The van der Waals surface area contributed by atoms with Crippen molar-refractivity contribution in [3.63, 3.8) is 0 Å². The minimum atomic E-state index is -0.557. The van der Waals surface area contributed by atoms with Crippen molar-refractivity contribution >= 4 is 5.96 Å². The fourth-order valence-corrected chi connectivity index (χ4v) is 3.35. The van der Waals surface area contributed by atoms with Gasteiger partial charge in [0.25, 0.3) is 0 Å². The van der Waals surface area contributed by atoms with Crippen molar-refractivity contribution < 1.29 is 18.3 Å². The monoisotopic (exact) mass is 353 g/mol. The van der Waals surface area contributed by atoms with E-state index in [1.807, 2.05) is 0 Å². The molecule has 0 aliphatic carbocycles. The first-order valence-electron chi connectivity index (χ1n) is 8.80. The molecule has 0 bridgehead atoms. The van der Waals surface area contributed by atoms with E-state index >= 15 is 0 Å². The summed E-state index contributed by atoms with van der Waals surface area (Å²) < 4.78 is 38.2. The molecule has 138 valence electrons. The van der Waals surface area contributed by atoms with Crippen LogP contribution in [0.15, 0.2) is 23.2 Å². The average Bonchev–Trinajstić information content (AvgIpc) is 3.15. The zero-order valence-electron chi connectivity index (χ0n) is 14.5. The zero-order valence-corrected chi connectivity index (χ0v) is 14.5. The van der Waals surface area contributed by atoms with Crippen LogP contribution in [0.4, 0.5) is 8.78 Å². The lowest BCUT2D eigenvalue weighted by Crippen LogP contribution is -2.53. The van der Waals surface area contributed by atoms with E-state index in [0.29, 0.717) is 25.1 Å². The molecule has 2 saturated heterocycles. The summed E-state index contributed by atoms with van der Waals surface area (Å²) in [5, 5.41) is 3.26. The van der Waals surface area contributed by atoms with E-state index < -0.39 is 11.6 Å². The van der Waals surface area contributed by atoms with Crippen LogP contribution in [0.25, 0.3) is 0 Å². The lowest BCUT2D eigenvalue weighted by atomic mass is 10.1. The smallest absolute Gasteiger partial charge is 0.193 e. The van der Waals surface area contributed by atoms with Gasteiger partial charge in [-0.05, 0) is 30.9 Å². The molecule has 0 spiro atoms. The summed E-state index contributed by atoms with van der Waals surface area (Å²) in [6.45, 7) is 3.46. The lowest BCUT2D eigenvalue weighted by molar-refractivity contribution is -0.0816. The van der Waals surface area contributed by atoms with Gasteiger partial charge in [0.1, 0.15) is 17.7 Å². The molecule has 7 heteroatoms. The highest BCUT2D eigenvalue weighted by molar-refractivity contribution is 5.80. The molecule has 1 aromatic rings. The predicted octanol–water partition coefficient (Wildman–Crippen LogP) is 1.96. The summed E-state index contributed by atoms with van der Waals surface area (Å²) in [7, 11) is 1.73. The van der Waals surface area contributed by atoms with Gasteiger partial charge in [-0.1, -0.05) is 6.07 Å². The highest BCUT2D eigenvalue weighted by Gasteiger charge is 2.32. The molecule has 0 amide bonds. The van der Waals surface area contributed by atoms with Gasteiger partial charge >= 0.3 is 0 Å². The van der Waals surface area contributed by atoms with Gasteiger partial charge < -0.3 is 19.7 Å². The van der Waals surface area contributed by atoms with Crippen LogP contribution >= 0.6 is 0 Å². The van der Waals surface area contributed by atoms with Crippen molar-refractivity contribution in [1.29, 1.82) is 0 Å². The first kappa shape index (κ1) is 18.1. The van der Waals surface area contributed by atoms with Crippen molar-refractivity contribution in [2.75, 3.05) is 39.9 Å². The molecule has 2 unspecified atom stereocenters. The number of halogens is 2. The van der Waals surface area contributed by atoms with Crippen molar-refractivity contribution in [2.24, 2.45) is 4.99 Å². The third kappa shape index (κ3) is 4.67. The van der Waals surface area contributed by atoms with Gasteiger partial charge in [-0.25, -0.2) is 8.78 Å². The molecule has 2 fully saturated rings. The van der Waals surface area contributed by atoms with Gasteiger partial charge in [-0.2, -0.15) is 0 Å². The highest BCUT2D eigenvalue weighted by Crippen LogP contribution is 2.21. The number of hydrogen-bond acceptors (Lipinski definition) is 3. The Kier molecular flexibility index (Phi) is 6.20. The number of nitrogens with one attached hydrogen (secondary N) is 1. The number of nitrogens with zero attached hydrogens (tertiary/aromatic N) is 2. The molecule has 0 radical (unpaired) electrons. The minimum absolute atomic E-state index is 0.0596. The molecule has 2 heterocycles. The number of benzene rings is 1. The van der Waals surface area contributed by atoms with Crippen molar-refractivity contribution in [3.05, 3.63) is 35.4 Å². The van der Waals surface area contributed by atoms with E-state index in [9.17, 15) is 8.78 Å². The molecular formula is C18H25F2N3O2. The third-order valence-corrected chi connectivity index (χ3v) is 4.68. The van der Waals surface area contributed by atoms with Gasteiger partial charge in [0.05, 0.1) is 12.7 Å². The number of morpholine rings is 1. The quantitative estimate of drug-likeness (QED) is 0.664. The molecule has 3 rings (SSSR count). The number of hydrogen-bond donors (Lipinski definition) is 1. The maximum Gasteiger partial charge on any atom is 0.193 e. The van der Waals surface area contributed by atoms with E-state index in [-0.39, 0.29) is 12.2 Å². The van der Waals surface area contributed by atoms with Crippen LogP contribution in [0.5, 0.6) is 0 Å². The van der Waals surface area contributed by atoms with Crippen molar-refractivity contribution in [3.8, 4) is 0 Å². The summed E-state index contributed by atoms with van der Waals surface area (Å²) in [5.41, 5.74) is 0.489. The van der Waals surface area contributed by atoms with Crippen LogP contribution < -0.4 is 5.32 Å². The van der Waals surface area contributed by atoms with E-state index in [0.717, 1.165) is 44.6 Å². The van der Waals surface area contributed by atoms with Crippen LogP contribution in [-0.4, -0.2) is 63.0 Å². The van der Waals surface area contributed by atoms with Crippen molar-refractivity contribution in [1.82, 2.24) is 10.2 Å². The Morgan fingerprint density at radius 1 is 1.28 bits per heavy atom. The second kappa shape index (κ2) is 8.58. The molecule has 2 aliphatic rings. The van der Waals surface area contributed by atoms with Gasteiger partial charge in [-0.15, -0.1) is 0 Å². The summed E-state index contributed by atoms with van der Waals surface area (Å²) in [4.78, 5) is 6.47. The summed E-state index contributed by atoms with van der Waals surface area (Å²) >= 11 is 0. The highest BCUT2D eigenvalue weighted by atomic mass is 19.1. The number of guanidine groups is 1. The Labute approximate surface area is 147 Å². The van der Waals surface area contributed by atoms with Crippen LogP contribution in [0.2, 0.25) is 0 Å². The Morgan fingerprint density at radius 3 is 2.84 bits per heavy atom. The molecule has 1 N–H and O–H groups in total. The van der Waals surface area contributed by atoms with Crippen LogP contribution in [0.3, 0.4) is 0 Å². The Bertz CT molecular complexity index is 606. The Balaban J connectivity index is 1.51. The Morgan fingerprint density at radius 2 is 2.12 bits per heavy atom. The van der Waals surface area contributed by atoms with E-state index in [4.69, 9.17) is 9.47 Å². The minimum Gasteiger partial charge on any atom is -0.375 e. The normalized spacial score (nSPS) is 24.6. The van der Waals surface area contributed by atoms with Gasteiger partial charge in [-0.3, -0.25) is 4.99 Å². The standard InChI is InChI=1S/C18H25F2N3O2/c1-21-18(22-7-6-13-4-5-14(19)11-15(13)20)23-8-10-25-17(12-23)16-3-2-9-24-16/h4-5,11,16-17H,2-3,6-10,12H2,1H3,(H,21,22). The summed E-state index contributed by atoms with van der Waals surface area (Å²) in [6, 6.07) is 3.68. The van der Waals surface area contributed by atoms with Crippen LogP contribution in [-0.2, 0) is 15.9 Å². The molecule has 5 nitrogen and oxygen atoms in total. The topological polar surface area (TPSA) is 46.1 Å². The second-order valence-electron chi connectivity index (χ2n) is 6.37. The molecule has 1 aromatic carbocycles. The maximum atomic E-state index is 13.7. The van der Waals surface area contributed by atoms with E-state index in [2.05, 4.69) is 15.2 Å². The second-order valence-corrected chi connectivity index (χ2v) is 6.37. The summed E-state index contributed by atoms with van der Waals surface area (Å²) in [6.07, 6.45) is 2.80. The molecule has 2 atom stereocenters. The molecule has 0 aromatic heterocycles. The lowest BCUT2D eigenvalue weighted by Gasteiger charge is -2.37. The molecule has 0 saturated carbocycles. The van der Waals surface area contributed by atoms with Gasteiger partial charge in [0, 0.05) is 39.4 Å². The molecular weight excluding hydrogens is 328 g/mol. The maximum absolute atomic E-state index is 13.7. The number of rotatable bonds is 4. The van der Waals surface area contributed by atoms with Crippen LogP contribution in [0.1, 0.15) is 18.4 Å². The first-order valence-corrected chi connectivity index (χ1v) is 8.80. The first-order chi connectivity index (χ1) is 12.2. The van der Waals surface area contributed by atoms with Gasteiger partial charge in [0.15, 0.2) is 5.96 Å². The SMILES string of the molecule is CN=C(NCCc1ccc(F)cc1F)N1CCOC(C2CCCO2)C1. The van der Waals surface area contributed by atoms with Crippen LogP contribution in [0, 0.1) is 11.6 Å². The van der Waals surface area contributed by atoms with Crippen molar-refractivity contribution in [2.45, 2.75) is 31.5 Å². The number of aliphatic imine (C=N–C) groups is 1. The van der Waals surface area contributed by atoms with E-state index in [1.54, 1.807) is 7.05 Å². The number of ether oxygens (including phenoxy) is 2. The zero-order chi connectivity index (χ0) is 17.6. The van der Waals surface area contributed by atoms with Gasteiger partial charge in [0.2, 0.25) is 0 Å². The fraction of sp³-hybridized carbons (Fsp3) is 0.611. The van der Waals surface area contributed by atoms with E-state index in [1.165, 1.54) is 12.1 Å². The largest absolute Gasteiger partial charge is 0.375 e. The average molecular weight is 353 g/mol. The Hall–Kier alpha value is -1.73. The fourth-order valence-electron chi connectivity index (χ4n) is 3.35. The predicted molar refractivity (Wildman–Crippen MR) is 91.7 cm³/mol. The molecule has 25 heavy (non-hydrogen) atoms. The summed E-state index contributed by atoms with van der Waals surface area (Å²) in [5.74, 6) is -0.297. The molecule has 2 aliphatic heterocycles.